The minimum absolute atomic E-state index is 0.106. The normalized spacial score (nSPS) is 10.6. The molecule has 0 saturated heterocycles. The number of amides is 2. The van der Waals surface area contributed by atoms with E-state index in [0.717, 1.165) is 9.24 Å². The lowest BCUT2D eigenvalue weighted by Crippen LogP contribution is -2.13. The zero-order chi connectivity index (χ0) is 17.5. The Balaban J connectivity index is 1.39. The van der Waals surface area contributed by atoms with Crippen molar-refractivity contribution in [2.24, 2.45) is 0 Å². The largest absolute Gasteiger partial charge is 0.301 e. The van der Waals surface area contributed by atoms with E-state index in [0.29, 0.717) is 10.3 Å². The summed E-state index contributed by atoms with van der Waals surface area (Å²) >= 11 is 6.83. The zero-order valence-corrected chi connectivity index (χ0v) is 16.6. The lowest BCUT2D eigenvalue weighted by atomic mass is 10.7. The van der Waals surface area contributed by atoms with E-state index >= 15 is 0 Å². The number of rotatable bonds is 8. The Hall–Kier alpha value is -1.47. The highest BCUT2D eigenvalue weighted by molar-refractivity contribution is 8.02. The van der Waals surface area contributed by atoms with Gasteiger partial charge in [0.25, 0.3) is 0 Å². The number of carbonyl (C=O) groups excluding carboxylic acids is 2. The van der Waals surface area contributed by atoms with Crippen molar-refractivity contribution >= 4 is 79.8 Å². The van der Waals surface area contributed by atoms with Crippen molar-refractivity contribution in [3.8, 4) is 0 Å². The van der Waals surface area contributed by atoms with Crippen molar-refractivity contribution in [1.82, 2.24) is 14.3 Å². The van der Waals surface area contributed by atoms with Gasteiger partial charge in [0, 0.05) is 23.2 Å². The summed E-state index contributed by atoms with van der Waals surface area (Å²) in [6.07, 6.45) is 3.28. The molecule has 0 atom stereocenters. The lowest BCUT2D eigenvalue weighted by molar-refractivity contribution is -0.114. The van der Waals surface area contributed by atoms with Gasteiger partial charge >= 0.3 is 0 Å². The van der Waals surface area contributed by atoms with Crippen LogP contribution in [0.4, 0.5) is 10.3 Å². The molecule has 3 aromatic heterocycles. The molecule has 0 aliphatic heterocycles. The molecule has 0 radical (unpaired) electrons. The highest BCUT2D eigenvalue weighted by Crippen LogP contribution is 2.29. The van der Waals surface area contributed by atoms with E-state index in [1.165, 1.54) is 57.7 Å². The third kappa shape index (κ3) is 6.08. The molecule has 7 nitrogen and oxygen atoms in total. The summed E-state index contributed by atoms with van der Waals surface area (Å²) in [5.74, 6) is 0.323. The Bertz CT molecular complexity index is 751. The van der Waals surface area contributed by atoms with Gasteiger partial charge in [-0.2, -0.15) is 4.37 Å². The van der Waals surface area contributed by atoms with E-state index in [1.54, 1.807) is 23.2 Å². The Morgan fingerprint density at radius 2 is 1.56 bits per heavy atom. The second-order valence-electron chi connectivity index (χ2n) is 4.33. The number of nitrogens with one attached hydrogen (secondary N) is 2. The third-order valence-corrected chi connectivity index (χ3v) is 6.90. The molecule has 0 aliphatic rings. The number of anilines is 2. The molecule has 3 heterocycles. The van der Waals surface area contributed by atoms with Crippen LogP contribution in [0, 0.1) is 0 Å². The number of hydrogen-bond donors (Lipinski definition) is 2. The minimum atomic E-state index is -0.120. The monoisotopic (exact) mass is 429 g/mol. The van der Waals surface area contributed by atoms with Crippen molar-refractivity contribution < 1.29 is 9.59 Å². The van der Waals surface area contributed by atoms with Gasteiger partial charge in [-0.25, -0.2) is 9.97 Å². The summed E-state index contributed by atoms with van der Waals surface area (Å²) in [6.45, 7) is 0. The predicted octanol–water partition coefficient (Wildman–Crippen LogP) is 3.52. The van der Waals surface area contributed by atoms with Gasteiger partial charge < -0.3 is 10.6 Å². The van der Waals surface area contributed by atoms with Gasteiger partial charge in [0.15, 0.2) is 10.3 Å². The van der Waals surface area contributed by atoms with E-state index < -0.39 is 0 Å². The molecule has 0 aromatic carbocycles. The van der Waals surface area contributed by atoms with Crippen molar-refractivity contribution in [3.05, 3.63) is 29.2 Å². The first-order valence-electron chi connectivity index (χ1n) is 6.80. The maximum atomic E-state index is 11.8. The van der Waals surface area contributed by atoms with Crippen molar-refractivity contribution in [2.75, 3.05) is 22.1 Å². The van der Waals surface area contributed by atoms with E-state index in [9.17, 15) is 9.59 Å². The van der Waals surface area contributed by atoms with Crippen LogP contribution in [0.15, 0.2) is 38.5 Å². The second kappa shape index (κ2) is 9.29. The van der Waals surface area contributed by atoms with E-state index in [1.807, 2.05) is 6.07 Å². The summed E-state index contributed by atoms with van der Waals surface area (Å²) in [7, 11) is 0. The molecule has 0 bridgehead atoms. The zero-order valence-electron chi connectivity index (χ0n) is 12.5. The van der Waals surface area contributed by atoms with Gasteiger partial charge in [0.05, 0.1) is 15.7 Å². The molecular weight excluding hydrogens is 419 g/mol. The van der Waals surface area contributed by atoms with Crippen LogP contribution < -0.4 is 10.6 Å². The molecule has 0 aliphatic carbocycles. The van der Waals surface area contributed by atoms with Gasteiger partial charge in [-0.05, 0) is 17.6 Å². The molecular formula is C13H11N5O2S5. The van der Waals surface area contributed by atoms with Crippen LogP contribution in [0.5, 0.6) is 0 Å². The van der Waals surface area contributed by atoms with Crippen LogP contribution in [0.1, 0.15) is 0 Å². The second-order valence-corrected chi connectivity index (χ2v) is 9.20. The molecule has 2 N–H and O–H groups in total. The fourth-order valence-electron chi connectivity index (χ4n) is 1.54. The van der Waals surface area contributed by atoms with Crippen LogP contribution in [-0.2, 0) is 9.59 Å². The SMILES string of the molecule is O=C(CSc1cc(SCC(=O)Nc2nccs2)sn1)Nc1nccs1. The minimum Gasteiger partial charge on any atom is -0.301 e. The fourth-order valence-corrected chi connectivity index (χ4v) is 5.09. The number of thioether (sulfide) groups is 2. The number of nitrogens with zero attached hydrogens (tertiary/aromatic N) is 3. The fraction of sp³-hybridized carbons (Fsp3) is 0.154. The average Bonchev–Trinajstić information content (AvgIpc) is 3.34. The predicted molar refractivity (Wildman–Crippen MR) is 105 cm³/mol. The highest BCUT2D eigenvalue weighted by atomic mass is 32.2. The first kappa shape index (κ1) is 18.3. The maximum absolute atomic E-state index is 11.8. The Labute approximate surface area is 163 Å². The Morgan fingerprint density at radius 1 is 0.960 bits per heavy atom. The van der Waals surface area contributed by atoms with E-state index in [-0.39, 0.29) is 23.3 Å². The smallest absolute Gasteiger partial charge is 0.236 e. The third-order valence-electron chi connectivity index (χ3n) is 2.52. The lowest BCUT2D eigenvalue weighted by Gasteiger charge is -2.00. The van der Waals surface area contributed by atoms with Crippen molar-refractivity contribution in [1.29, 1.82) is 0 Å². The first-order valence-corrected chi connectivity index (χ1v) is 11.3. The van der Waals surface area contributed by atoms with Crippen molar-refractivity contribution in [2.45, 2.75) is 9.24 Å². The number of hydrogen-bond acceptors (Lipinski definition) is 10. The van der Waals surface area contributed by atoms with Crippen LogP contribution in [0.25, 0.3) is 0 Å². The summed E-state index contributed by atoms with van der Waals surface area (Å²) in [6, 6.07) is 1.88. The average molecular weight is 430 g/mol. The number of carbonyl (C=O) groups is 2. The molecule has 3 aromatic rings. The number of thiazole rings is 2. The first-order chi connectivity index (χ1) is 12.2. The van der Waals surface area contributed by atoms with Gasteiger partial charge in [-0.1, -0.05) is 11.8 Å². The van der Waals surface area contributed by atoms with Gasteiger partial charge in [-0.15, -0.1) is 34.4 Å². The summed E-state index contributed by atoms with van der Waals surface area (Å²) < 4.78 is 5.22. The van der Waals surface area contributed by atoms with Crippen LogP contribution in [-0.4, -0.2) is 37.7 Å². The molecule has 25 heavy (non-hydrogen) atoms. The standard InChI is InChI=1S/C13H11N5O2S5/c19-8(16-12-14-1-3-21-12)6-23-10-5-11(25-18-10)24-7-9(20)17-13-15-2-4-22-13/h1-5H,6-7H2,(H,14,16,19)(H,15,17,20). The number of aromatic nitrogens is 3. The molecule has 0 unspecified atom stereocenters. The molecule has 0 fully saturated rings. The van der Waals surface area contributed by atoms with Crippen molar-refractivity contribution in [3.63, 3.8) is 0 Å². The van der Waals surface area contributed by atoms with E-state index in [2.05, 4.69) is 25.0 Å². The topological polar surface area (TPSA) is 96.9 Å². The highest BCUT2D eigenvalue weighted by Gasteiger charge is 2.10. The van der Waals surface area contributed by atoms with E-state index in [4.69, 9.17) is 0 Å². The van der Waals surface area contributed by atoms with Crippen LogP contribution >= 0.6 is 57.7 Å². The molecule has 3 rings (SSSR count). The van der Waals surface area contributed by atoms with Gasteiger partial charge in [0.1, 0.15) is 5.03 Å². The Kier molecular flexibility index (Phi) is 6.81. The maximum Gasteiger partial charge on any atom is 0.236 e. The molecule has 12 heteroatoms. The molecule has 130 valence electrons. The summed E-state index contributed by atoms with van der Waals surface area (Å²) in [5.41, 5.74) is 0. The molecule has 2 amide bonds. The molecule has 0 spiro atoms. The summed E-state index contributed by atoms with van der Waals surface area (Å²) in [5, 5.41) is 11.0. The van der Waals surface area contributed by atoms with Crippen LogP contribution in [0.3, 0.4) is 0 Å². The quantitative estimate of drug-likeness (QED) is 0.529. The van der Waals surface area contributed by atoms with Gasteiger partial charge in [-0.3, -0.25) is 9.59 Å². The van der Waals surface area contributed by atoms with Gasteiger partial charge in [0.2, 0.25) is 11.8 Å². The Morgan fingerprint density at radius 3 is 2.12 bits per heavy atom. The summed E-state index contributed by atoms with van der Waals surface area (Å²) in [4.78, 5) is 31.6. The molecule has 0 saturated carbocycles. The van der Waals surface area contributed by atoms with Crippen LogP contribution in [0.2, 0.25) is 0 Å².